The molecule has 2 unspecified atom stereocenters. The largest absolute Gasteiger partial charge is 0.354 e. The highest BCUT2D eigenvalue weighted by molar-refractivity contribution is 6.32. The number of piperazine rings is 1. The Morgan fingerprint density at radius 1 is 1.15 bits per heavy atom. The number of aromatic nitrogens is 2. The molecule has 2 aliphatic heterocycles. The first-order valence-electron chi connectivity index (χ1n) is 8.66. The molecular weight excluding hydrogens is 354 g/mol. The van der Waals surface area contributed by atoms with Gasteiger partial charge in [0.1, 0.15) is 17.4 Å². The highest BCUT2D eigenvalue weighted by Gasteiger charge is 2.43. The van der Waals surface area contributed by atoms with Crippen molar-refractivity contribution in [3.63, 3.8) is 0 Å². The summed E-state index contributed by atoms with van der Waals surface area (Å²) in [4.78, 5) is 36.3. The van der Waals surface area contributed by atoms with Crippen LogP contribution in [-0.4, -0.2) is 59.6 Å². The molecule has 2 aromatic heterocycles. The third kappa shape index (κ3) is 2.20. The van der Waals surface area contributed by atoms with Crippen molar-refractivity contribution in [1.82, 2.24) is 14.5 Å². The first-order valence-corrected chi connectivity index (χ1v) is 9.04. The molecule has 0 radical (unpaired) electrons. The van der Waals surface area contributed by atoms with E-state index >= 15 is 0 Å². The minimum absolute atomic E-state index is 0.0566. The maximum absolute atomic E-state index is 13.1. The van der Waals surface area contributed by atoms with Gasteiger partial charge in [-0.05, 0) is 27.0 Å². The molecule has 0 N–H and O–H groups in total. The topological polar surface area (TPSA) is 61.7 Å². The van der Waals surface area contributed by atoms with Gasteiger partial charge in [-0.1, -0.05) is 11.6 Å². The van der Waals surface area contributed by atoms with Gasteiger partial charge in [0, 0.05) is 38.6 Å². The average Bonchev–Trinajstić information content (AvgIpc) is 2.59. The molecule has 1 fully saturated rings. The van der Waals surface area contributed by atoms with Crippen LogP contribution >= 0.6 is 11.6 Å². The number of aryl methyl sites for hydroxylation is 2. The molecule has 1 saturated heterocycles. The number of rotatable bonds is 0. The van der Waals surface area contributed by atoms with E-state index in [4.69, 9.17) is 11.6 Å². The zero-order valence-electron chi connectivity index (χ0n) is 15.6. The SMILES string of the molecule is Cc1nc2c(cc1Cl)c1c(c(=O)n2C)N(C)C(=O)C2CN(C)C(C)CN12. The Bertz CT molecular complexity index is 1000. The molecule has 4 rings (SSSR count). The van der Waals surface area contributed by atoms with Gasteiger partial charge in [0.05, 0.1) is 16.4 Å². The number of halogens is 1. The lowest BCUT2D eigenvalue weighted by atomic mass is 9.99. The van der Waals surface area contributed by atoms with Crippen LogP contribution in [-0.2, 0) is 11.8 Å². The van der Waals surface area contributed by atoms with E-state index in [1.807, 2.05) is 20.0 Å². The quantitative estimate of drug-likeness (QED) is 0.696. The summed E-state index contributed by atoms with van der Waals surface area (Å²) in [7, 11) is 5.38. The van der Waals surface area contributed by atoms with E-state index in [9.17, 15) is 9.59 Å². The molecule has 0 saturated carbocycles. The van der Waals surface area contributed by atoms with E-state index in [0.29, 0.717) is 35.1 Å². The molecule has 0 bridgehead atoms. The number of anilines is 2. The van der Waals surface area contributed by atoms with Crippen molar-refractivity contribution in [2.45, 2.75) is 25.9 Å². The lowest BCUT2D eigenvalue weighted by molar-refractivity contribution is -0.121. The van der Waals surface area contributed by atoms with Crippen LogP contribution < -0.4 is 15.4 Å². The monoisotopic (exact) mass is 375 g/mol. The Morgan fingerprint density at radius 2 is 1.85 bits per heavy atom. The van der Waals surface area contributed by atoms with Crippen LogP contribution in [0.5, 0.6) is 0 Å². The second-order valence-electron chi connectivity index (χ2n) is 7.34. The number of carbonyl (C=O) groups is 1. The van der Waals surface area contributed by atoms with E-state index in [-0.39, 0.29) is 23.6 Å². The Hall–Kier alpha value is -2.12. The highest BCUT2D eigenvalue weighted by Crippen LogP contribution is 2.40. The van der Waals surface area contributed by atoms with E-state index in [1.165, 1.54) is 9.47 Å². The summed E-state index contributed by atoms with van der Waals surface area (Å²) >= 11 is 6.36. The summed E-state index contributed by atoms with van der Waals surface area (Å²) in [6, 6.07) is 1.81. The average molecular weight is 376 g/mol. The van der Waals surface area contributed by atoms with Gasteiger partial charge in [0.2, 0.25) is 0 Å². The number of hydrogen-bond acceptors (Lipinski definition) is 5. The number of amides is 1. The summed E-state index contributed by atoms with van der Waals surface area (Å²) in [6.45, 7) is 5.23. The summed E-state index contributed by atoms with van der Waals surface area (Å²) in [5.74, 6) is -0.0566. The van der Waals surface area contributed by atoms with Crippen LogP contribution in [0.4, 0.5) is 11.4 Å². The van der Waals surface area contributed by atoms with Gasteiger partial charge in [-0.15, -0.1) is 0 Å². The van der Waals surface area contributed by atoms with E-state index < -0.39 is 0 Å². The molecule has 138 valence electrons. The van der Waals surface area contributed by atoms with Gasteiger partial charge in [-0.25, -0.2) is 4.98 Å². The van der Waals surface area contributed by atoms with Crippen molar-refractivity contribution >= 4 is 39.9 Å². The predicted molar refractivity (Wildman–Crippen MR) is 103 cm³/mol. The fourth-order valence-corrected chi connectivity index (χ4v) is 4.12. The van der Waals surface area contributed by atoms with Crippen LogP contribution in [0, 0.1) is 6.92 Å². The second kappa shape index (κ2) is 5.69. The molecule has 2 atom stereocenters. The summed E-state index contributed by atoms with van der Waals surface area (Å²) in [6.07, 6.45) is 0. The molecule has 0 aliphatic carbocycles. The minimum Gasteiger partial charge on any atom is -0.354 e. The van der Waals surface area contributed by atoms with Crippen LogP contribution in [0.3, 0.4) is 0 Å². The fourth-order valence-electron chi connectivity index (χ4n) is 3.97. The molecular formula is C18H22ClN5O2. The van der Waals surface area contributed by atoms with Crippen molar-refractivity contribution in [3.8, 4) is 0 Å². The smallest absolute Gasteiger partial charge is 0.278 e. The zero-order valence-corrected chi connectivity index (χ0v) is 16.3. The summed E-state index contributed by atoms with van der Waals surface area (Å²) < 4.78 is 1.50. The zero-order chi connectivity index (χ0) is 18.9. The van der Waals surface area contributed by atoms with Gasteiger partial charge in [0.25, 0.3) is 11.5 Å². The maximum atomic E-state index is 13.1. The summed E-state index contributed by atoms with van der Waals surface area (Å²) in [5.41, 5.74) is 2.22. The predicted octanol–water partition coefficient (Wildman–Crippen LogP) is 1.38. The molecule has 0 spiro atoms. The molecule has 8 heteroatoms. The molecule has 1 amide bonds. The fraction of sp³-hybridized carbons (Fsp3) is 0.500. The number of fused-ring (bicyclic) bond motifs is 5. The standard InChI is InChI=1S/C18H22ClN5O2/c1-9-7-24-13(8-21(9)3)17(25)22(4)15-14(24)11-6-12(19)10(2)20-16(11)23(5)18(15)26/h6,9,13H,7-8H2,1-5H3. The number of nitrogens with zero attached hydrogens (tertiary/aromatic N) is 5. The molecule has 4 heterocycles. The number of carbonyl (C=O) groups excluding carboxylic acids is 1. The Morgan fingerprint density at radius 3 is 2.54 bits per heavy atom. The van der Waals surface area contributed by atoms with Gasteiger partial charge in [0.15, 0.2) is 0 Å². The van der Waals surface area contributed by atoms with Crippen molar-refractivity contribution in [3.05, 3.63) is 27.1 Å². The molecule has 2 aliphatic rings. The number of pyridine rings is 2. The maximum Gasteiger partial charge on any atom is 0.278 e. The van der Waals surface area contributed by atoms with Crippen LogP contribution in [0.15, 0.2) is 10.9 Å². The van der Waals surface area contributed by atoms with Gasteiger partial charge < -0.3 is 9.80 Å². The lowest BCUT2D eigenvalue weighted by Crippen LogP contribution is -2.64. The number of likely N-dealkylation sites (N-methyl/N-ethyl adjacent to an activating group) is 2. The van der Waals surface area contributed by atoms with E-state index in [2.05, 4.69) is 21.7 Å². The molecule has 26 heavy (non-hydrogen) atoms. The van der Waals surface area contributed by atoms with E-state index in [1.54, 1.807) is 14.1 Å². The van der Waals surface area contributed by atoms with Crippen molar-refractivity contribution in [2.24, 2.45) is 7.05 Å². The van der Waals surface area contributed by atoms with E-state index in [0.717, 1.165) is 11.1 Å². The van der Waals surface area contributed by atoms with Crippen LogP contribution in [0.2, 0.25) is 5.02 Å². The Balaban J connectivity index is 2.10. The Labute approximate surface area is 156 Å². The van der Waals surface area contributed by atoms with Gasteiger partial charge in [-0.2, -0.15) is 0 Å². The highest BCUT2D eigenvalue weighted by atomic mass is 35.5. The first kappa shape index (κ1) is 17.3. The number of hydrogen-bond donors (Lipinski definition) is 0. The van der Waals surface area contributed by atoms with Crippen molar-refractivity contribution < 1.29 is 4.79 Å². The third-order valence-electron chi connectivity index (χ3n) is 5.72. The molecule has 0 aromatic carbocycles. The molecule has 7 nitrogen and oxygen atoms in total. The minimum atomic E-state index is -0.316. The Kier molecular flexibility index (Phi) is 3.79. The van der Waals surface area contributed by atoms with Crippen LogP contribution in [0.1, 0.15) is 12.6 Å². The van der Waals surface area contributed by atoms with Crippen LogP contribution in [0.25, 0.3) is 11.0 Å². The normalized spacial score (nSPS) is 23.4. The first-order chi connectivity index (χ1) is 12.2. The molecule has 2 aromatic rings. The van der Waals surface area contributed by atoms with Gasteiger partial charge >= 0.3 is 0 Å². The lowest BCUT2D eigenvalue weighted by Gasteiger charge is -2.49. The van der Waals surface area contributed by atoms with Gasteiger partial charge in [-0.3, -0.25) is 19.1 Å². The third-order valence-corrected chi connectivity index (χ3v) is 6.11. The van der Waals surface area contributed by atoms with Crippen molar-refractivity contribution in [2.75, 3.05) is 37.0 Å². The van der Waals surface area contributed by atoms with Crippen molar-refractivity contribution in [1.29, 1.82) is 0 Å². The summed E-state index contributed by atoms with van der Waals surface area (Å²) in [5, 5.41) is 1.36. The second-order valence-corrected chi connectivity index (χ2v) is 7.75.